The van der Waals surface area contributed by atoms with Gasteiger partial charge in [0.25, 0.3) is 5.24 Å². The number of hydrogen-bond acceptors (Lipinski definition) is 1. The molecular weight excluding hydrogens is 170 g/mol. The molecule has 2 nitrogen and oxygen atoms in total. The Kier molecular flexibility index (Phi) is 3.92. The van der Waals surface area contributed by atoms with E-state index < -0.39 is 0 Å². The van der Waals surface area contributed by atoms with Crippen molar-refractivity contribution in [2.75, 3.05) is 13.6 Å². The fourth-order valence-electron chi connectivity index (χ4n) is 1.77. The van der Waals surface area contributed by atoms with Crippen LogP contribution < -0.4 is 0 Å². The molecule has 0 unspecified atom stereocenters. The lowest BCUT2D eigenvalue weighted by molar-refractivity contribution is 0.230. The number of carbonyl (C=O) groups excluding carboxylic acids is 1. The minimum atomic E-state index is -0.118. The van der Waals surface area contributed by atoms with Crippen LogP contribution in [0.1, 0.15) is 32.1 Å². The summed E-state index contributed by atoms with van der Waals surface area (Å²) in [5.41, 5.74) is 0. The molecule has 0 aromatic rings. The molecule has 0 aromatic carbocycles. The average molecular weight is 187 g/mol. The van der Waals surface area contributed by atoms with Gasteiger partial charge in [-0.2, -0.15) is 0 Å². The van der Waals surface area contributed by atoms with Gasteiger partial charge < -0.3 is 4.90 Å². The van der Waals surface area contributed by atoms with Crippen LogP contribution in [0, 0.1) is 5.92 Å². The molecule has 1 rings (SSSR count). The Morgan fingerprint density at radius 3 is 2.58 bits per heavy atom. The third-order valence-electron chi connectivity index (χ3n) is 2.67. The summed E-state index contributed by atoms with van der Waals surface area (Å²) in [6.45, 7) is 0.868. The van der Waals surface area contributed by atoms with Gasteiger partial charge in [0.1, 0.15) is 0 Å². The van der Waals surface area contributed by atoms with Gasteiger partial charge in [-0.25, -0.2) is 0 Å². The van der Waals surface area contributed by atoms with Crippen molar-refractivity contribution >= 4 is 17.9 Å². The van der Waals surface area contributed by atoms with E-state index in [0.29, 0.717) is 0 Å². The van der Waals surface area contributed by atoms with Crippen molar-refractivity contribution in [3.05, 3.63) is 0 Å². The Morgan fingerprint density at radius 2 is 2.08 bits per heavy atom. The molecule has 1 amide bonds. The largest absolute Gasteiger partial charge is 0.337 e. The predicted octanol–water partition coefficient (Wildman–Crippen LogP) is 2.55. The highest BCUT2D eigenvalue weighted by Gasteiger charge is 2.15. The molecule has 0 aromatic heterocycles. The molecule has 0 atom stereocenters. The maximum atomic E-state index is 10.7. The fraction of sp³-hybridized carbons (Fsp3) is 0.889. The monoisotopic (exact) mass is 187 g/mol. The molecule has 1 aliphatic rings. The van der Waals surface area contributed by atoms with E-state index >= 15 is 0 Å². The van der Waals surface area contributed by atoms with Crippen molar-refractivity contribution in [3.63, 3.8) is 0 Å². The normalized spacial score (nSPS) is 18.2. The maximum Gasteiger partial charge on any atom is 0.278 e. The van der Waals surface area contributed by atoms with E-state index in [-0.39, 0.29) is 5.24 Å². The highest BCUT2D eigenvalue weighted by molar-refractivity contribution is 7.96. The summed E-state index contributed by atoms with van der Waals surface area (Å²) in [5.74, 6) is 0.861. The molecule has 3 heteroatoms. The molecule has 12 heavy (non-hydrogen) atoms. The Bertz CT molecular complexity index is 155. The number of amides is 1. The quantitative estimate of drug-likeness (QED) is 0.673. The minimum Gasteiger partial charge on any atom is -0.337 e. The summed E-state index contributed by atoms with van der Waals surface area (Å²) in [6.07, 6.45) is 6.62. The van der Waals surface area contributed by atoms with Crippen molar-refractivity contribution < 1.29 is 4.79 Å². The van der Waals surface area contributed by atoms with E-state index in [0.717, 1.165) is 18.9 Å². The van der Waals surface area contributed by atoms with Crippen LogP contribution in [-0.4, -0.2) is 23.7 Å². The molecule has 1 fully saturated rings. The summed E-state index contributed by atoms with van der Waals surface area (Å²) in [7, 11) is 1.81. The van der Waals surface area contributed by atoms with Crippen molar-refractivity contribution in [2.45, 2.75) is 32.1 Å². The van der Waals surface area contributed by atoms with Gasteiger partial charge in [-0.05, 0) is 12.3 Å². The van der Waals surface area contributed by atoms with Crippen LogP contribution in [0.2, 0.25) is 0 Å². The van der Waals surface area contributed by atoms with E-state index in [1.807, 2.05) is 7.05 Å². The highest BCUT2D eigenvalue weighted by atomic mass is 32.1. The zero-order valence-electron chi connectivity index (χ0n) is 7.62. The number of hydrogen-bond donors (Lipinski definition) is 1. The first-order valence-corrected chi connectivity index (χ1v) is 5.09. The van der Waals surface area contributed by atoms with E-state index in [9.17, 15) is 4.79 Å². The van der Waals surface area contributed by atoms with E-state index in [2.05, 4.69) is 12.6 Å². The number of rotatable bonds is 3. The number of thiol groups is 1. The van der Waals surface area contributed by atoms with E-state index in [1.54, 1.807) is 4.90 Å². The Hall–Kier alpha value is -0.180. The third kappa shape index (κ3) is 3.05. The summed E-state index contributed by atoms with van der Waals surface area (Å²) < 4.78 is 0. The SMILES string of the molecule is CN(CCC1CCCC1)C(=O)S. The molecule has 0 saturated heterocycles. The number of nitrogens with zero attached hydrogens (tertiary/aromatic N) is 1. The second-order valence-electron chi connectivity index (χ2n) is 3.64. The molecule has 0 heterocycles. The summed E-state index contributed by atoms with van der Waals surface area (Å²) in [5, 5.41) is -0.118. The van der Waals surface area contributed by atoms with Gasteiger partial charge >= 0.3 is 0 Å². The lowest BCUT2D eigenvalue weighted by atomic mass is 10.0. The molecule has 1 saturated carbocycles. The first kappa shape index (κ1) is 9.90. The lowest BCUT2D eigenvalue weighted by Crippen LogP contribution is -2.23. The third-order valence-corrected chi connectivity index (χ3v) is 3.02. The Labute approximate surface area is 79.7 Å². The minimum absolute atomic E-state index is 0.118. The van der Waals surface area contributed by atoms with Crippen LogP contribution in [0.3, 0.4) is 0 Å². The second-order valence-corrected chi connectivity index (χ2v) is 4.03. The standard InChI is InChI=1S/C9H17NOS/c1-10(9(11)12)7-6-8-4-2-3-5-8/h8H,2-7H2,1H3,(H,11,12). The molecule has 70 valence electrons. The van der Waals surface area contributed by atoms with Crippen LogP contribution in [-0.2, 0) is 0 Å². The zero-order chi connectivity index (χ0) is 8.97. The van der Waals surface area contributed by atoms with Crippen molar-refractivity contribution in [1.82, 2.24) is 4.90 Å². The van der Waals surface area contributed by atoms with Crippen LogP contribution in [0.5, 0.6) is 0 Å². The highest BCUT2D eigenvalue weighted by Crippen LogP contribution is 2.27. The summed E-state index contributed by atoms with van der Waals surface area (Å²) in [6, 6.07) is 0. The molecule has 0 N–H and O–H groups in total. The second kappa shape index (κ2) is 4.75. The van der Waals surface area contributed by atoms with Crippen LogP contribution >= 0.6 is 12.6 Å². The number of carbonyl (C=O) groups is 1. The van der Waals surface area contributed by atoms with Gasteiger partial charge in [0.2, 0.25) is 0 Å². The van der Waals surface area contributed by atoms with Crippen molar-refractivity contribution in [2.24, 2.45) is 5.92 Å². The predicted molar refractivity (Wildman–Crippen MR) is 53.6 cm³/mol. The smallest absolute Gasteiger partial charge is 0.278 e. The first-order chi connectivity index (χ1) is 5.70. The fourth-order valence-corrected chi connectivity index (χ4v) is 1.87. The molecular formula is C9H17NOS. The van der Waals surface area contributed by atoms with Crippen LogP contribution in [0.15, 0.2) is 0 Å². The van der Waals surface area contributed by atoms with Crippen molar-refractivity contribution in [1.29, 1.82) is 0 Å². The van der Waals surface area contributed by atoms with Gasteiger partial charge in [0.05, 0.1) is 0 Å². The lowest BCUT2D eigenvalue weighted by Gasteiger charge is -2.16. The van der Waals surface area contributed by atoms with Crippen molar-refractivity contribution in [3.8, 4) is 0 Å². The van der Waals surface area contributed by atoms with Gasteiger partial charge in [0.15, 0.2) is 0 Å². The molecule has 1 aliphatic carbocycles. The topological polar surface area (TPSA) is 20.3 Å². The Balaban J connectivity index is 2.11. The van der Waals surface area contributed by atoms with Gasteiger partial charge in [-0.1, -0.05) is 38.3 Å². The van der Waals surface area contributed by atoms with Gasteiger partial charge in [0, 0.05) is 13.6 Å². The molecule has 0 aliphatic heterocycles. The average Bonchev–Trinajstić information content (AvgIpc) is 2.51. The van der Waals surface area contributed by atoms with Gasteiger partial charge in [-0.15, -0.1) is 0 Å². The van der Waals surface area contributed by atoms with E-state index in [4.69, 9.17) is 0 Å². The molecule has 0 radical (unpaired) electrons. The summed E-state index contributed by atoms with van der Waals surface area (Å²) >= 11 is 3.76. The maximum absolute atomic E-state index is 10.7. The molecule has 0 spiro atoms. The molecule has 0 bridgehead atoms. The van der Waals surface area contributed by atoms with Crippen LogP contribution in [0.25, 0.3) is 0 Å². The first-order valence-electron chi connectivity index (χ1n) is 4.64. The Morgan fingerprint density at radius 1 is 1.50 bits per heavy atom. The van der Waals surface area contributed by atoms with E-state index in [1.165, 1.54) is 25.7 Å². The van der Waals surface area contributed by atoms with Gasteiger partial charge in [-0.3, -0.25) is 4.79 Å². The van der Waals surface area contributed by atoms with Crippen LogP contribution in [0.4, 0.5) is 4.79 Å². The summed E-state index contributed by atoms with van der Waals surface area (Å²) in [4.78, 5) is 12.4. The zero-order valence-corrected chi connectivity index (χ0v) is 8.52.